The third-order valence-corrected chi connectivity index (χ3v) is 5.77. The Bertz CT molecular complexity index is 905. The van der Waals surface area contributed by atoms with E-state index in [1.54, 1.807) is 17.4 Å². The smallest absolute Gasteiger partial charge is 0.319 e. The Morgan fingerprint density at radius 3 is 3.04 bits per heavy atom. The van der Waals surface area contributed by atoms with Gasteiger partial charge in [0.15, 0.2) is 0 Å². The first kappa shape index (κ1) is 17.8. The van der Waals surface area contributed by atoms with Crippen LogP contribution in [0.2, 0.25) is 0 Å². The van der Waals surface area contributed by atoms with Gasteiger partial charge in [0, 0.05) is 28.7 Å². The minimum atomic E-state index is -0.501. The largest absolute Gasteiger partial charge is 0.487 e. The summed E-state index contributed by atoms with van der Waals surface area (Å²) < 4.78 is 19.8. The Kier molecular flexibility index (Phi) is 4.75. The Hall–Kier alpha value is -2.58. The molecule has 3 heterocycles. The van der Waals surface area contributed by atoms with Crippen LogP contribution in [0.1, 0.15) is 23.8 Å². The normalized spacial score (nSPS) is 19.2. The number of urea groups is 1. The van der Waals surface area contributed by atoms with E-state index in [9.17, 15) is 9.18 Å². The zero-order valence-corrected chi connectivity index (χ0v) is 15.7. The summed E-state index contributed by atoms with van der Waals surface area (Å²) in [6.45, 7) is 3.93. The third kappa shape index (κ3) is 3.50. The molecule has 1 saturated heterocycles. The van der Waals surface area contributed by atoms with Crippen LogP contribution in [-0.2, 0) is 6.54 Å². The van der Waals surface area contributed by atoms with E-state index in [1.165, 1.54) is 17.0 Å². The van der Waals surface area contributed by atoms with Gasteiger partial charge in [-0.25, -0.2) is 9.18 Å². The van der Waals surface area contributed by atoms with Gasteiger partial charge in [-0.1, -0.05) is 0 Å². The first-order valence-electron chi connectivity index (χ1n) is 8.81. The molecular formula is C19H21FN4O2S. The van der Waals surface area contributed by atoms with Crippen LogP contribution in [0.3, 0.4) is 0 Å². The Morgan fingerprint density at radius 1 is 1.44 bits per heavy atom. The number of hydrogen-bond acceptors (Lipinski definition) is 5. The summed E-state index contributed by atoms with van der Waals surface area (Å²) in [5.41, 5.74) is 8.72. The first-order chi connectivity index (χ1) is 13.0. The predicted molar refractivity (Wildman–Crippen MR) is 104 cm³/mol. The van der Waals surface area contributed by atoms with E-state index in [0.29, 0.717) is 18.0 Å². The summed E-state index contributed by atoms with van der Waals surface area (Å²) in [6, 6.07) is 5.94. The molecule has 1 atom stereocenters. The van der Waals surface area contributed by atoms with E-state index in [2.05, 4.69) is 10.6 Å². The summed E-state index contributed by atoms with van der Waals surface area (Å²) in [5, 5.41) is 8.57. The van der Waals surface area contributed by atoms with Gasteiger partial charge in [0.1, 0.15) is 17.7 Å². The van der Waals surface area contributed by atoms with Gasteiger partial charge in [0.25, 0.3) is 0 Å². The number of allylic oxidation sites excluding steroid dienone is 1. The van der Waals surface area contributed by atoms with Gasteiger partial charge in [-0.15, -0.1) is 11.3 Å². The first-order valence-corrected chi connectivity index (χ1v) is 9.69. The monoisotopic (exact) mass is 388 g/mol. The number of anilines is 1. The van der Waals surface area contributed by atoms with Crippen molar-refractivity contribution in [3.05, 3.63) is 51.6 Å². The van der Waals surface area contributed by atoms with Gasteiger partial charge in [0.2, 0.25) is 0 Å². The molecule has 8 heteroatoms. The SMILES string of the molecule is CC1=C(Nc2ccc(F)cc2O[C@@H]2CCNC2)c2ccsc2CN1C(N)=O. The molecule has 4 N–H and O–H groups in total. The van der Waals surface area contributed by atoms with Crippen LogP contribution in [0.4, 0.5) is 14.9 Å². The van der Waals surface area contributed by atoms with Crippen molar-refractivity contribution in [3.8, 4) is 5.75 Å². The van der Waals surface area contributed by atoms with Crippen molar-refractivity contribution >= 4 is 28.8 Å². The number of benzene rings is 1. The number of rotatable bonds is 4. The van der Waals surface area contributed by atoms with Crippen molar-refractivity contribution in [2.24, 2.45) is 5.73 Å². The fourth-order valence-electron chi connectivity index (χ4n) is 3.42. The number of hydrogen-bond donors (Lipinski definition) is 3. The maximum absolute atomic E-state index is 13.8. The number of carbonyl (C=O) groups is 1. The van der Waals surface area contributed by atoms with Crippen LogP contribution in [0.15, 0.2) is 35.3 Å². The molecule has 0 saturated carbocycles. The maximum atomic E-state index is 13.8. The van der Waals surface area contributed by atoms with Gasteiger partial charge in [0.05, 0.1) is 17.9 Å². The molecule has 0 spiro atoms. The molecule has 1 fully saturated rings. The second-order valence-electron chi connectivity index (χ2n) is 6.64. The molecule has 0 radical (unpaired) electrons. The highest BCUT2D eigenvalue weighted by molar-refractivity contribution is 7.10. The molecule has 0 aliphatic carbocycles. The highest BCUT2D eigenvalue weighted by Gasteiger charge is 2.27. The van der Waals surface area contributed by atoms with Crippen LogP contribution < -0.4 is 21.1 Å². The summed E-state index contributed by atoms with van der Waals surface area (Å²) >= 11 is 1.57. The highest BCUT2D eigenvalue weighted by atomic mass is 32.1. The molecule has 0 bridgehead atoms. The number of carbonyl (C=O) groups excluding carboxylic acids is 1. The lowest BCUT2D eigenvalue weighted by Crippen LogP contribution is -2.36. The van der Waals surface area contributed by atoms with Crippen molar-refractivity contribution in [1.29, 1.82) is 0 Å². The van der Waals surface area contributed by atoms with E-state index >= 15 is 0 Å². The topological polar surface area (TPSA) is 79.6 Å². The number of amides is 2. The number of nitrogens with zero attached hydrogens (tertiary/aromatic N) is 1. The molecular weight excluding hydrogens is 367 g/mol. The average Bonchev–Trinajstić information content (AvgIpc) is 3.30. The summed E-state index contributed by atoms with van der Waals surface area (Å²) in [4.78, 5) is 14.4. The lowest BCUT2D eigenvalue weighted by atomic mass is 10.1. The number of nitrogens with one attached hydrogen (secondary N) is 2. The van der Waals surface area contributed by atoms with Crippen LogP contribution in [0.5, 0.6) is 5.75 Å². The summed E-state index contributed by atoms with van der Waals surface area (Å²) in [5.74, 6) is 0.0998. The molecule has 142 valence electrons. The highest BCUT2D eigenvalue weighted by Crippen LogP contribution is 2.37. The number of ether oxygens (including phenoxy) is 1. The van der Waals surface area contributed by atoms with Crippen LogP contribution in [0.25, 0.3) is 5.70 Å². The number of nitrogens with two attached hydrogens (primary N) is 1. The van der Waals surface area contributed by atoms with Crippen molar-refractivity contribution in [2.75, 3.05) is 18.4 Å². The summed E-state index contributed by atoms with van der Waals surface area (Å²) in [7, 11) is 0. The van der Waals surface area contributed by atoms with Gasteiger partial charge in [-0.05, 0) is 43.5 Å². The van der Waals surface area contributed by atoms with Crippen LogP contribution in [-0.4, -0.2) is 30.1 Å². The number of thiophene rings is 1. The van der Waals surface area contributed by atoms with E-state index in [-0.39, 0.29) is 11.9 Å². The molecule has 2 aliphatic rings. The average molecular weight is 388 g/mol. The number of fused-ring (bicyclic) bond motifs is 1. The Balaban J connectivity index is 1.70. The molecule has 2 aromatic rings. The minimum absolute atomic E-state index is 0.00705. The Morgan fingerprint density at radius 2 is 2.30 bits per heavy atom. The number of halogens is 1. The van der Waals surface area contributed by atoms with Gasteiger partial charge in [-0.2, -0.15) is 0 Å². The summed E-state index contributed by atoms with van der Waals surface area (Å²) in [6.07, 6.45) is 0.884. The van der Waals surface area contributed by atoms with Crippen molar-refractivity contribution < 1.29 is 13.9 Å². The van der Waals surface area contributed by atoms with Gasteiger partial charge < -0.3 is 21.1 Å². The van der Waals surface area contributed by atoms with Gasteiger partial charge in [-0.3, -0.25) is 4.90 Å². The fourth-order valence-corrected chi connectivity index (χ4v) is 4.29. The lowest BCUT2D eigenvalue weighted by Gasteiger charge is -2.30. The lowest BCUT2D eigenvalue weighted by molar-refractivity contribution is 0.219. The quantitative estimate of drug-likeness (QED) is 0.751. The van der Waals surface area contributed by atoms with Crippen molar-refractivity contribution in [2.45, 2.75) is 26.0 Å². The van der Waals surface area contributed by atoms with Crippen LogP contribution in [0, 0.1) is 5.82 Å². The van der Waals surface area contributed by atoms with E-state index in [4.69, 9.17) is 10.5 Å². The predicted octanol–water partition coefficient (Wildman–Crippen LogP) is 3.32. The number of primary amides is 1. The third-order valence-electron chi connectivity index (χ3n) is 4.86. The van der Waals surface area contributed by atoms with Crippen molar-refractivity contribution in [1.82, 2.24) is 10.2 Å². The maximum Gasteiger partial charge on any atom is 0.319 e. The zero-order chi connectivity index (χ0) is 19.0. The molecule has 27 heavy (non-hydrogen) atoms. The molecule has 1 aromatic carbocycles. The van der Waals surface area contributed by atoms with E-state index in [0.717, 1.165) is 41.3 Å². The van der Waals surface area contributed by atoms with E-state index in [1.807, 2.05) is 18.4 Å². The molecule has 6 nitrogen and oxygen atoms in total. The van der Waals surface area contributed by atoms with E-state index < -0.39 is 6.03 Å². The zero-order valence-electron chi connectivity index (χ0n) is 14.9. The minimum Gasteiger partial charge on any atom is -0.487 e. The molecule has 0 unspecified atom stereocenters. The van der Waals surface area contributed by atoms with Crippen LogP contribution >= 0.6 is 11.3 Å². The van der Waals surface area contributed by atoms with Gasteiger partial charge >= 0.3 is 6.03 Å². The molecule has 2 aliphatic heterocycles. The van der Waals surface area contributed by atoms with Crippen molar-refractivity contribution in [3.63, 3.8) is 0 Å². The second kappa shape index (κ2) is 7.21. The molecule has 2 amide bonds. The molecule has 1 aromatic heterocycles. The Labute approximate surface area is 160 Å². The molecule has 4 rings (SSSR count). The second-order valence-corrected chi connectivity index (χ2v) is 7.64. The standard InChI is InChI=1S/C19H21FN4O2S/c1-11-18(14-5-7-27-17(14)10-24(11)19(21)25)23-15-3-2-12(20)8-16(15)26-13-4-6-22-9-13/h2-3,5,7-8,13,22-23H,4,6,9-10H2,1H3,(H2,21,25)/t13-/m1/s1. The fraction of sp³-hybridized carbons (Fsp3) is 0.316.